The van der Waals surface area contributed by atoms with E-state index in [0.717, 1.165) is 22.4 Å². The predicted molar refractivity (Wildman–Crippen MR) is 82.3 cm³/mol. The molecule has 110 valence electrons. The quantitative estimate of drug-likeness (QED) is 0.874. The van der Waals surface area contributed by atoms with Gasteiger partial charge < -0.3 is 10.1 Å². The van der Waals surface area contributed by atoms with E-state index in [2.05, 4.69) is 5.32 Å². The van der Waals surface area contributed by atoms with Gasteiger partial charge >= 0.3 is 0 Å². The van der Waals surface area contributed by atoms with Gasteiger partial charge in [-0.05, 0) is 61.6 Å². The second-order valence-electron chi connectivity index (χ2n) is 5.82. The lowest BCUT2D eigenvalue weighted by atomic mass is 10.1. The summed E-state index contributed by atoms with van der Waals surface area (Å²) in [4.78, 5) is 0. The number of hydrogen-bond donors (Lipinski definition) is 1. The molecule has 2 aromatic carbocycles. The van der Waals surface area contributed by atoms with Gasteiger partial charge in [0.15, 0.2) is 0 Å². The van der Waals surface area contributed by atoms with Crippen LogP contribution in [0.2, 0.25) is 0 Å². The second-order valence-corrected chi connectivity index (χ2v) is 5.82. The summed E-state index contributed by atoms with van der Waals surface area (Å²) in [6.07, 6.45) is 2.45. The summed E-state index contributed by atoms with van der Waals surface area (Å²) in [7, 11) is 0. The van der Waals surface area contributed by atoms with E-state index in [9.17, 15) is 4.39 Å². The molecule has 0 heterocycles. The average molecular weight is 285 g/mol. The molecule has 0 radical (unpaired) electrons. The van der Waals surface area contributed by atoms with E-state index in [4.69, 9.17) is 4.74 Å². The topological polar surface area (TPSA) is 21.3 Å². The molecular formula is C18H20FNO. The Kier molecular flexibility index (Phi) is 3.93. The number of benzene rings is 2. The van der Waals surface area contributed by atoms with Gasteiger partial charge in [0.25, 0.3) is 0 Å². The normalized spacial score (nSPS) is 14.2. The van der Waals surface area contributed by atoms with Crippen molar-refractivity contribution in [1.82, 2.24) is 5.32 Å². The zero-order chi connectivity index (χ0) is 14.8. The maximum Gasteiger partial charge on any atom is 0.130 e. The van der Waals surface area contributed by atoms with Crippen molar-refractivity contribution in [3.63, 3.8) is 0 Å². The van der Waals surface area contributed by atoms with Gasteiger partial charge in [-0.3, -0.25) is 0 Å². The highest BCUT2D eigenvalue weighted by molar-refractivity contribution is 5.40. The van der Waals surface area contributed by atoms with E-state index in [1.165, 1.54) is 18.9 Å². The first-order valence-electron chi connectivity index (χ1n) is 7.38. The molecule has 0 bridgehead atoms. The van der Waals surface area contributed by atoms with E-state index in [-0.39, 0.29) is 5.82 Å². The fourth-order valence-electron chi connectivity index (χ4n) is 2.28. The first-order valence-corrected chi connectivity index (χ1v) is 7.38. The maximum absolute atomic E-state index is 13.7. The van der Waals surface area contributed by atoms with Crippen LogP contribution in [0.5, 0.6) is 11.5 Å². The lowest BCUT2D eigenvalue weighted by Crippen LogP contribution is -2.15. The molecule has 0 aliphatic heterocycles. The number of nitrogens with one attached hydrogen (secondary N) is 1. The molecule has 1 aliphatic carbocycles. The van der Waals surface area contributed by atoms with Crippen LogP contribution in [0, 0.1) is 19.7 Å². The van der Waals surface area contributed by atoms with Crippen LogP contribution in [0.4, 0.5) is 4.39 Å². The smallest absolute Gasteiger partial charge is 0.130 e. The SMILES string of the molecule is Cc1ccc(C)c(Oc2cc(F)cc(CNC3CC3)c2)c1. The number of rotatable bonds is 5. The van der Waals surface area contributed by atoms with Crippen molar-refractivity contribution >= 4 is 0 Å². The second kappa shape index (κ2) is 5.86. The predicted octanol–water partition coefficient (Wildman–Crippen LogP) is 4.49. The molecule has 1 aliphatic rings. The number of halogens is 1. The Morgan fingerprint density at radius 3 is 2.71 bits per heavy atom. The number of ether oxygens (including phenoxy) is 1. The molecule has 0 unspecified atom stereocenters. The monoisotopic (exact) mass is 285 g/mol. The van der Waals surface area contributed by atoms with Gasteiger partial charge in [0, 0.05) is 18.7 Å². The fraction of sp³-hybridized carbons (Fsp3) is 0.333. The maximum atomic E-state index is 13.7. The zero-order valence-corrected chi connectivity index (χ0v) is 12.4. The fourth-order valence-corrected chi connectivity index (χ4v) is 2.28. The van der Waals surface area contributed by atoms with Gasteiger partial charge in [-0.15, -0.1) is 0 Å². The summed E-state index contributed by atoms with van der Waals surface area (Å²) in [5, 5.41) is 3.39. The summed E-state index contributed by atoms with van der Waals surface area (Å²) in [5.74, 6) is 1.07. The summed E-state index contributed by atoms with van der Waals surface area (Å²) in [6, 6.07) is 11.5. The van der Waals surface area contributed by atoms with E-state index in [1.54, 1.807) is 6.07 Å². The van der Waals surface area contributed by atoms with Crippen molar-refractivity contribution in [2.45, 2.75) is 39.3 Å². The molecule has 3 heteroatoms. The molecule has 2 aromatic rings. The van der Waals surface area contributed by atoms with Crippen molar-refractivity contribution < 1.29 is 9.13 Å². The summed E-state index contributed by atoms with van der Waals surface area (Å²) in [6.45, 7) is 4.69. The molecule has 2 nitrogen and oxygen atoms in total. The van der Waals surface area contributed by atoms with Gasteiger partial charge in [-0.25, -0.2) is 4.39 Å². The summed E-state index contributed by atoms with van der Waals surface area (Å²) in [5.41, 5.74) is 3.09. The van der Waals surface area contributed by atoms with Crippen LogP contribution in [-0.4, -0.2) is 6.04 Å². The van der Waals surface area contributed by atoms with Crippen LogP contribution in [0.3, 0.4) is 0 Å². The minimum absolute atomic E-state index is 0.259. The number of aryl methyl sites for hydroxylation is 2. The van der Waals surface area contributed by atoms with Gasteiger partial charge in [-0.2, -0.15) is 0 Å². The van der Waals surface area contributed by atoms with Gasteiger partial charge in [0.1, 0.15) is 17.3 Å². The first-order chi connectivity index (χ1) is 10.1. The van der Waals surface area contributed by atoms with Gasteiger partial charge in [-0.1, -0.05) is 12.1 Å². The highest BCUT2D eigenvalue weighted by Gasteiger charge is 2.20. The molecule has 3 rings (SSSR count). The van der Waals surface area contributed by atoms with Crippen molar-refractivity contribution in [2.24, 2.45) is 0 Å². The molecule has 0 aromatic heterocycles. The molecule has 0 saturated heterocycles. The Hall–Kier alpha value is -1.87. The molecule has 1 fully saturated rings. The summed E-state index contributed by atoms with van der Waals surface area (Å²) >= 11 is 0. The standard InChI is InChI=1S/C18H20FNO/c1-12-3-4-13(2)18(7-12)21-17-9-14(8-15(19)10-17)11-20-16-5-6-16/h3-4,7-10,16,20H,5-6,11H2,1-2H3. The first kappa shape index (κ1) is 14.1. The van der Waals surface area contributed by atoms with E-state index < -0.39 is 0 Å². The van der Waals surface area contributed by atoms with E-state index in [0.29, 0.717) is 18.3 Å². The third kappa shape index (κ3) is 3.82. The zero-order valence-electron chi connectivity index (χ0n) is 12.4. The average Bonchev–Trinajstić information content (AvgIpc) is 3.24. The minimum Gasteiger partial charge on any atom is -0.457 e. The third-order valence-electron chi connectivity index (χ3n) is 3.67. The van der Waals surface area contributed by atoms with Crippen molar-refractivity contribution in [2.75, 3.05) is 0 Å². The Morgan fingerprint density at radius 1 is 1.14 bits per heavy atom. The Balaban J connectivity index is 1.78. The van der Waals surface area contributed by atoms with Crippen molar-refractivity contribution in [3.05, 3.63) is 58.9 Å². The molecule has 1 saturated carbocycles. The lowest BCUT2D eigenvalue weighted by molar-refractivity contribution is 0.471. The minimum atomic E-state index is -0.259. The molecule has 0 atom stereocenters. The lowest BCUT2D eigenvalue weighted by Gasteiger charge is -2.11. The van der Waals surface area contributed by atoms with Gasteiger partial charge in [0.05, 0.1) is 0 Å². The highest BCUT2D eigenvalue weighted by atomic mass is 19.1. The van der Waals surface area contributed by atoms with Crippen LogP contribution in [0.15, 0.2) is 36.4 Å². The Bertz CT molecular complexity index is 650. The van der Waals surface area contributed by atoms with Crippen LogP contribution in [-0.2, 0) is 6.54 Å². The summed E-state index contributed by atoms with van der Waals surface area (Å²) < 4.78 is 19.6. The molecule has 1 N–H and O–H groups in total. The largest absolute Gasteiger partial charge is 0.457 e. The third-order valence-corrected chi connectivity index (χ3v) is 3.67. The molecule has 0 amide bonds. The Morgan fingerprint density at radius 2 is 1.95 bits per heavy atom. The van der Waals surface area contributed by atoms with Crippen LogP contribution < -0.4 is 10.1 Å². The van der Waals surface area contributed by atoms with Gasteiger partial charge in [0.2, 0.25) is 0 Å². The van der Waals surface area contributed by atoms with E-state index in [1.807, 2.05) is 38.1 Å². The highest BCUT2D eigenvalue weighted by Crippen LogP contribution is 2.28. The Labute approximate surface area is 125 Å². The van der Waals surface area contributed by atoms with Crippen LogP contribution in [0.1, 0.15) is 29.5 Å². The molecule has 0 spiro atoms. The van der Waals surface area contributed by atoms with Crippen LogP contribution >= 0.6 is 0 Å². The van der Waals surface area contributed by atoms with Crippen molar-refractivity contribution in [1.29, 1.82) is 0 Å². The van der Waals surface area contributed by atoms with Crippen LogP contribution in [0.25, 0.3) is 0 Å². The molecular weight excluding hydrogens is 265 g/mol. The number of hydrogen-bond acceptors (Lipinski definition) is 2. The molecule has 21 heavy (non-hydrogen) atoms. The van der Waals surface area contributed by atoms with E-state index >= 15 is 0 Å². The van der Waals surface area contributed by atoms with Crippen molar-refractivity contribution in [3.8, 4) is 11.5 Å².